The van der Waals surface area contributed by atoms with Crippen molar-refractivity contribution in [1.29, 1.82) is 0 Å². The number of halogens is 3. The van der Waals surface area contributed by atoms with Crippen LogP contribution in [-0.4, -0.2) is 25.9 Å². The predicted octanol–water partition coefficient (Wildman–Crippen LogP) is 3.05. The second-order valence-corrected chi connectivity index (χ2v) is 4.36. The molecule has 0 aliphatic carbocycles. The van der Waals surface area contributed by atoms with E-state index in [-0.39, 0.29) is 6.10 Å². The second-order valence-electron chi connectivity index (χ2n) is 4.36. The highest BCUT2D eigenvalue weighted by molar-refractivity contribution is 5.62. The number of nitrogens with two attached hydrogens (primary N) is 1. The van der Waals surface area contributed by atoms with Gasteiger partial charge in [0.25, 0.3) is 0 Å². The molecule has 0 spiro atoms. The molecule has 2 N–H and O–H groups in total. The average Bonchev–Trinajstić information content (AvgIpc) is 2.17. The summed E-state index contributed by atoms with van der Waals surface area (Å²) in [6.45, 7) is 2.63. The Morgan fingerprint density at radius 2 is 1.94 bits per heavy atom. The molecular formula is C12H17F3N2O. The van der Waals surface area contributed by atoms with Crippen molar-refractivity contribution in [3.63, 3.8) is 0 Å². The Balaban J connectivity index is 2.90. The van der Waals surface area contributed by atoms with Gasteiger partial charge < -0.3 is 15.4 Å². The van der Waals surface area contributed by atoms with E-state index in [0.29, 0.717) is 17.1 Å². The van der Waals surface area contributed by atoms with Gasteiger partial charge in [-0.15, -0.1) is 0 Å². The van der Waals surface area contributed by atoms with Gasteiger partial charge in [-0.1, -0.05) is 0 Å². The third-order valence-corrected chi connectivity index (χ3v) is 2.22. The summed E-state index contributed by atoms with van der Waals surface area (Å²) in [5, 5.41) is 0. The van der Waals surface area contributed by atoms with E-state index in [9.17, 15) is 13.2 Å². The smallest absolute Gasteiger partial charge is 0.405 e. The van der Waals surface area contributed by atoms with Gasteiger partial charge >= 0.3 is 6.18 Å². The molecule has 0 bridgehead atoms. The van der Waals surface area contributed by atoms with E-state index in [0.717, 1.165) is 4.90 Å². The predicted molar refractivity (Wildman–Crippen MR) is 65.9 cm³/mol. The molecule has 102 valence electrons. The molecule has 1 aromatic carbocycles. The van der Waals surface area contributed by atoms with E-state index in [1.54, 1.807) is 6.07 Å². The van der Waals surface area contributed by atoms with Crippen molar-refractivity contribution >= 4 is 11.4 Å². The van der Waals surface area contributed by atoms with E-state index in [2.05, 4.69) is 0 Å². The van der Waals surface area contributed by atoms with Gasteiger partial charge in [0.1, 0.15) is 12.3 Å². The minimum absolute atomic E-state index is 0.0875. The zero-order valence-corrected chi connectivity index (χ0v) is 10.6. The number of nitrogens with zero attached hydrogens (tertiary/aromatic N) is 1. The summed E-state index contributed by atoms with van der Waals surface area (Å²) in [4.78, 5) is 1.10. The molecule has 0 saturated heterocycles. The van der Waals surface area contributed by atoms with E-state index < -0.39 is 12.7 Å². The third-order valence-electron chi connectivity index (χ3n) is 2.22. The Labute approximate surface area is 104 Å². The van der Waals surface area contributed by atoms with Gasteiger partial charge in [0.05, 0.1) is 11.8 Å². The van der Waals surface area contributed by atoms with Crippen molar-refractivity contribution in [3.8, 4) is 5.75 Å². The molecule has 18 heavy (non-hydrogen) atoms. The van der Waals surface area contributed by atoms with Crippen LogP contribution in [0.25, 0.3) is 0 Å². The van der Waals surface area contributed by atoms with Crippen LogP contribution >= 0.6 is 0 Å². The molecule has 3 nitrogen and oxygen atoms in total. The Morgan fingerprint density at radius 3 is 2.44 bits per heavy atom. The molecule has 0 heterocycles. The molecule has 6 heteroatoms. The Morgan fingerprint density at radius 1 is 1.33 bits per heavy atom. The number of benzene rings is 1. The Kier molecular flexibility index (Phi) is 4.32. The number of nitrogen functional groups attached to an aromatic ring is 1. The fourth-order valence-corrected chi connectivity index (χ4v) is 1.48. The first kappa shape index (κ1) is 14.5. The second kappa shape index (κ2) is 5.37. The molecule has 0 saturated carbocycles. The fourth-order valence-electron chi connectivity index (χ4n) is 1.48. The molecule has 0 atom stereocenters. The normalized spacial score (nSPS) is 11.7. The van der Waals surface area contributed by atoms with E-state index >= 15 is 0 Å². The third kappa shape index (κ3) is 4.35. The maximum atomic E-state index is 12.3. The zero-order chi connectivity index (χ0) is 13.9. The molecule has 1 aromatic rings. The monoisotopic (exact) mass is 262 g/mol. The molecule has 0 unspecified atom stereocenters. The Hall–Kier alpha value is -1.59. The van der Waals surface area contributed by atoms with Crippen LogP contribution in [0.1, 0.15) is 13.8 Å². The van der Waals surface area contributed by atoms with E-state index in [1.807, 2.05) is 13.8 Å². The minimum atomic E-state index is -4.24. The van der Waals surface area contributed by atoms with Crippen LogP contribution in [0.4, 0.5) is 24.5 Å². The number of ether oxygens (including phenoxy) is 1. The summed E-state index contributed by atoms with van der Waals surface area (Å²) in [7, 11) is 1.37. The molecule has 0 aromatic heterocycles. The highest BCUT2D eigenvalue weighted by Crippen LogP contribution is 2.29. The minimum Gasteiger partial charge on any atom is -0.489 e. The highest BCUT2D eigenvalue weighted by atomic mass is 19.4. The molecule has 0 aliphatic rings. The van der Waals surface area contributed by atoms with Gasteiger partial charge in [0.15, 0.2) is 0 Å². The number of alkyl halides is 3. The summed E-state index contributed by atoms with van der Waals surface area (Å²) in [5.74, 6) is 0.400. The quantitative estimate of drug-likeness (QED) is 0.847. The average molecular weight is 262 g/mol. The summed E-state index contributed by atoms with van der Waals surface area (Å²) in [6, 6.07) is 4.59. The van der Waals surface area contributed by atoms with Gasteiger partial charge in [-0.25, -0.2) is 0 Å². The molecular weight excluding hydrogens is 245 g/mol. The first-order chi connectivity index (χ1) is 8.19. The van der Waals surface area contributed by atoms with Crippen molar-refractivity contribution in [2.45, 2.75) is 26.1 Å². The van der Waals surface area contributed by atoms with Crippen LogP contribution in [0, 0.1) is 0 Å². The standard InChI is InChI=1S/C12H17F3N2O/c1-8(2)18-11-6-9(4-5-10(11)16)17(3)7-12(13,14)15/h4-6,8H,7,16H2,1-3H3. The van der Waals surface area contributed by atoms with Crippen molar-refractivity contribution in [2.75, 3.05) is 24.2 Å². The van der Waals surface area contributed by atoms with Crippen LogP contribution in [0.3, 0.4) is 0 Å². The zero-order valence-electron chi connectivity index (χ0n) is 10.6. The highest BCUT2D eigenvalue weighted by Gasteiger charge is 2.29. The summed E-state index contributed by atoms with van der Waals surface area (Å²) in [5.41, 5.74) is 6.52. The number of rotatable bonds is 4. The number of anilines is 2. The van der Waals surface area contributed by atoms with Crippen molar-refractivity contribution in [1.82, 2.24) is 0 Å². The van der Waals surface area contributed by atoms with Gasteiger partial charge in [0, 0.05) is 18.8 Å². The first-order valence-corrected chi connectivity index (χ1v) is 5.53. The lowest BCUT2D eigenvalue weighted by molar-refractivity contribution is -0.119. The lowest BCUT2D eigenvalue weighted by atomic mass is 10.2. The first-order valence-electron chi connectivity index (χ1n) is 5.53. The fraction of sp³-hybridized carbons (Fsp3) is 0.500. The molecule has 0 radical (unpaired) electrons. The van der Waals surface area contributed by atoms with Crippen LogP contribution in [-0.2, 0) is 0 Å². The lowest BCUT2D eigenvalue weighted by Gasteiger charge is -2.22. The van der Waals surface area contributed by atoms with E-state index in [4.69, 9.17) is 10.5 Å². The summed E-state index contributed by atoms with van der Waals surface area (Å²) in [6.07, 6.45) is -4.33. The van der Waals surface area contributed by atoms with Crippen LogP contribution in [0.15, 0.2) is 18.2 Å². The molecule has 1 rings (SSSR count). The van der Waals surface area contributed by atoms with Crippen LogP contribution < -0.4 is 15.4 Å². The van der Waals surface area contributed by atoms with Gasteiger partial charge in [-0.3, -0.25) is 0 Å². The van der Waals surface area contributed by atoms with Crippen molar-refractivity contribution in [2.24, 2.45) is 0 Å². The lowest BCUT2D eigenvalue weighted by Crippen LogP contribution is -2.30. The SMILES string of the molecule is CC(C)Oc1cc(N(C)CC(F)(F)F)ccc1N. The van der Waals surface area contributed by atoms with Gasteiger partial charge in [-0.05, 0) is 26.0 Å². The number of hydrogen-bond donors (Lipinski definition) is 1. The largest absolute Gasteiger partial charge is 0.489 e. The topological polar surface area (TPSA) is 38.5 Å². The van der Waals surface area contributed by atoms with Crippen LogP contribution in [0.2, 0.25) is 0 Å². The van der Waals surface area contributed by atoms with E-state index in [1.165, 1.54) is 19.2 Å². The van der Waals surface area contributed by atoms with Crippen molar-refractivity contribution < 1.29 is 17.9 Å². The Bertz CT molecular complexity index is 405. The maximum Gasteiger partial charge on any atom is 0.405 e. The molecule has 0 fully saturated rings. The summed E-state index contributed by atoms with van der Waals surface area (Å²) >= 11 is 0. The van der Waals surface area contributed by atoms with Gasteiger partial charge in [-0.2, -0.15) is 13.2 Å². The molecule has 0 amide bonds. The van der Waals surface area contributed by atoms with Gasteiger partial charge in [0.2, 0.25) is 0 Å². The summed E-state index contributed by atoms with van der Waals surface area (Å²) < 4.78 is 42.3. The number of hydrogen-bond acceptors (Lipinski definition) is 3. The molecule has 0 aliphatic heterocycles. The maximum absolute atomic E-state index is 12.3. The van der Waals surface area contributed by atoms with Crippen molar-refractivity contribution in [3.05, 3.63) is 18.2 Å². The van der Waals surface area contributed by atoms with Crippen LogP contribution in [0.5, 0.6) is 5.75 Å².